The average Bonchev–Trinajstić information content (AvgIpc) is 2.97. The molecule has 0 fully saturated rings. The van der Waals surface area contributed by atoms with Gasteiger partial charge in [0.1, 0.15) is 17.4 Å². The average molecular weight is 359 g/mol. The van der Waals surface area contributed by atoms with Gasteiger partial charge in [-0.2, -0.15) is 0 Å². The lowest BCUT2D eigenvalue weighted by molar-refractivity contribution is -0.254. The summed E-state index contributed by atoms with van der Waals surface area (Å²) in [7, 11) is 0. The molecule has 3 rings (SSSR count). The quantitative estimate of drug-likeness (QED) is 0.697. The fourth-order valence-corrected chi connectivity index (χ4v) is 3.18. The number of carbonyl (C=O) groups is 1. The van der Waals surface area contributed by atoms with Gasteiger partial charge in [-0.1, -0.05) is 23.7 Å². The van der Waals surface area contributed by atoms with E-state index < -0.39 is 5.97 Å². The Morgan fingerprint density at radius 1 is 1.17 bits per heavy atom. The van der Waals surface area contributed by atoms with Gasteiger partial charge in [-0.05, 0) is 48.9 Å². The summed E-state index contributed by atoms with van der Waals surface area (Å²) in [6, 6.07) is 14.9. The van der Waals surface area contributed by atoms with E-state index in [4.69, 9.17) is 16.3 Å². The van der Waals surface area contributed by atoms with Crippen molar-refractivity contribution >= 4 is 28.9 Å². The fourth-order valence-electron chi connectivity index (χ4n) is 2.15. The molecular weight excluding hydrogens is 346 g/mol. The number of hydrogen-bond donors (Lipinski definition) is 0. The van der Waals surface area contributed by atoms with E-state index in [0.717, 1.165) is 28.2 Å². The number of rotatable bonds is 5. The Hall–Kier alpha value is -2.37. The SMILES string of the molecule is Cc1nc(-c2ccc(OCc3ccc(Cl)cc3)cc2)sc1C(=O)[O-]. The third-order valence-electron chi connectivity index (χ3n) is 3.40. The molecule has 0 aliphatic heterocycles. The van der Waals surface area contributed by atoms with Crippen LogP contribution < -0.4 is 9.84 Å². The van der Waals surface area contributed by atoms with E-state index in [1.165, 1.54) is 0 Å². The Labute approximate surface area is 148 Å². The molecule has 2 aromatic carbocycles. The molecule has 1 aromatic heterocycles. The zero-order chi connectivity index (χ0) is 17.1. The molecule has 0 aliphatic carbocycles. The van der Waals surface area contributed by atoms with Crippen molar-refractivity contribution in [1.29, 1.82) is 0 Å². The summed E-state index contributed by atoms with van der Waals surface area (Å²) in [6.45, 7) is 2.11. The number of carbonyl (C=O) groups excluding carboxylic acids is 1. The van der Waals surface area contributed by atoms with E-state index in [-0.39, 0.29) is 4.88 Å². The van der Waals surface area contributed by atoms with Gasteiger partial charge in [0, 0.05) is 10.6 Å². The van der Waals surface area contributed by atoms with Crippen molar-refractivity contribution in [2.75, 3.05) is 0 Å². The number of hydrogen-bond acceptors (Lipinski definition) is 5. The summed E-state index contributed by atoms with van der Waals surface area (Å²) in [5.41, 5.74) is 2.34. The number of nitrogens with zero attached hydrogens (tertiary/aromatic N) is 1. The van der Waals surface area contributed by atoms with Gasteiger partial charge in [0.25, 0.3) is 0 Å². The Kier molecular flexibility index (Phi) is 4.83. The van der Waals surface area contributed by atoms with Gasteiger partial charge in [-0.3, -0.25) is 0 Å². The second-order valence-corrected chi connectivity index (χ2v) is 6.60. The first-order chi connectivity index (χ1) is 11.5. The fraction of sp³-hybridized carbons (Fsp3) is 0.111. The Bertz CT molecular complexity index is 857. The monoisotopic (exact) mass is 358 g/mol. The third-order valence-corrected chi connectivity index (χ3v) is 4.84. The molecule has 122 valence electrons. The number of aromatic carboxylic acids is 1. The standard InChI is InChI=1S/C18H14ClNO3S/c1-11-16(18(21)22)24-17(20-11)13-4-8-15(9-5-13)23-10-12-2-6-14(19)7-3-12/h2-9H,10H2,1H3,(H,21,22)/p-1. The van der Waals surface area contributed by atoms with Crippen LogP contribution in [0.2, 0.25) is 5.02 Å². The minimum Gasteiger partial charge on any atom is -0.544 e. The lowest BCUT2D eigenvalue weighted by Crippen LogP contribution is -2.21. The number of benzene rings is 2. The van der Waals surface area contributed by atoms with E-state index in [1.54, 1.807) is 6.92 Å². The molecule has 0 amide bonds. The Morgan fingerprint density at radius 3 is 2.42 bits per heavy atom. The highest BCUT2D eigenvalue weighted by Crippen LogP contribution is 2.29. The van der Waals surface area contributed by atoms with Crippen molar-refractivity contribution in [3.63, 3.8) is 0 Å². The van der Waals surface area contributed by atoms with Crippen molar-refractivity contribution in [2.45, 2.75) is 13.5 Å². The number of aryl methyl sites for hydroxylation is 1. The van der Waals surface area contributed by atoms with Crippen LogP contribution in [0.15, 0.2) is 48.5 Å². The molecule has 0 atom stereocenters. The third kappa shape index (κ3) is 3.75. The Balaban J connectivity index is 1.70. The van der Waals surface area contributed by atoms with E-state index in [1.807, 2.05) is 48.5 Å². The lowest BCUT2D eigenvalue weighted by atomic mass is 10.2. The maximum atomic E-state index is 11.0. The summed E-state index contributed by atoms with van der Waals surface area (Å²) >= 11 is 6.96. The van der Waals surface area contributed by atoms with Gasteiger partial charge in [0.05, 0.1) is 16.5 Å². The number of carboxylic acid groups (broad SMARTS) is 1. The highest BCUT2D eigenvalue weighted by Gasteiger charge is 2.10. The Morgan fingerprint density at radius 2 is 1.83 bits per heavy atom. The van der Waals surface area contributed by atoms with Crippen LogP contribution in [0.25, 0.3) is 10.6 Å². The van der Waals surface area contributed by atoms with Crippen LogP contribution in [-0.4, -0.2) is 11.0 Å². The maximum Gasteiger partial charge on any atom is 0.124 e. The first-order valence-electron chi connectivity index (χ1n) is 7.19. The van der Waals surface area contributed by atoms with E-state index in [2.05, 4.69) is 4.98 Å². The number of carboxylic acids is 1. The summed E-state index contributed by atoms with van der Waals surface area (Å²) < 4.78 is 5.73. The lowest BCUT2D eigenvalue weighted by Gasteiger charge is -2.07. The van der Waals surface area contributed by atoms with Crippen LogP contribution >= 0.6 is 22.9 Å². The molecule has 4 nitrogen and oxygen atoms in total. The van der Waals surface area contributed by atoms with Crippen LogP contribution in [-0.2, 0) is 6.61 Å². The smallest absolute Gasteiger partial charge is 0.124 e. The summed E-state index contributed by atoms with van der Waals surface area (Å²) in [4.78, 5) is 15.4. The number of halogens is 1. The van der Waals surface area contributed by atoms with Crippen molar-refractivity contribution < 1.29 is 14.6 Å². The van der Waals surface area contributed by atoms with E-state index in [9.17, 15) is 9.90 Å². The molecule has 0 spiro atoms. The summed E-state index contributed by atoms with van der Waals surface area (Å²) in [5, 5.41) is 12.3. The molecule has 0 aliphatic rings. The van der Waals surface area contributed by atoms with Crippen LogP contribution in [0.4, 0.5) is 0 Å². The maximum absolute atomic E-state index is 11.0. The molecule has 1 heterocycles. The molecule has 0 saturated heterocycles. The van der Waals surface area contributed by atoms with Gasteiger partial charge < -0.3 is 14.6 Å². The van der Waals surface area contributed by atoms with Gasteiger partial charge in [0.2, 0.25) is 0 Å². The predicted molar refractivity (Wildman–Crippen MR) is 92.4 cm³/mol. The number of thiazole rings is 1. The van der Waals surface area contributed by atoms with Crippen molar-refractivity contribution in [1.82, 2.24) is 4.98 Å². The molecule has 0 saturated carbocycles. The number of aromatic nitrogens is 1. The molecule has 0 radical (unpaired) electrons. The molecule has 0 unspecified atom stereocenters. The first kappa shape index (κ1) is 16.5. The molecule has 3 aromatic rings. The second-order valence-electron chi connectivity index (χ2n) is 5.16. The molecule has 0 bridgehead atoms. The van der Waals surface area contributed by atoms with Gasteiger partial charge in [-0.15, -0.1) is 11.3 Å². The minimum atomic E-state index is -1.20. The van der Waals surface area contributed by atoms with Crippen molar-refractivity contribution in [3.8, 4) is 16.3 Å². The van der Waals surface area contributed by atoms with Crippen LogP contribution in [0.3, 0.4) is 0 Å². The van der Waals surface area contributed by atoms with Crippen LogP contribution in [0, 0.1) is 6.92 Å². The van der Waals surface area contributed by atoms with Gasteiger partial charge in [-0.25, -0.2) is 4.98 Å². The van der Waals surface area contributed by atoms with Crippen molar-refractivity contribution in [2.24, 2.45) is 0 Å². The van der Waals surface area contributed by atoms with Gasteiger partial charge in [0.15, 0.2) is 0 Å². The zero-order valence-corrected chi connectivity index (χ0v) is 14.4. The first-order valence-corrected chi connectivity index (χ1v) is 8.39. The van der Waals surface area contributed by atoms with E-state index in [0.29, 0.717) is 22.3 Å². The summed E-state index contributed by atoms with van der Waals surface area (Å²) in [5.74, 6) is -0.471. The van der Waals surface area contributed by atoms with Crippen LogP contribution in [0.5, 0.6) is 5.75 Å². The predicted octanol–water partition coefficient (Wildman–Crippen LogP) is 3.71. The largest absolute Gasteiger partial charge is 0.544 e. The molecule has 6 heteroatoms. The minimum absolute atomic E-state index is 0.160. The highest BCUT2D eigenvalue weighted by molar-refractivity contribution is 7.17. The van der Waals surface area contributed by atoms with Crippen LogP contribution in [0.1, 0.15) is 20.9 Å². The summed E-state index contributed by atoms with van der Waals surface area (Å²) in [6.07, 6.45) is 0. The highest BCUT2D eigenvalue weighted by atomic mass is 35.5. The molecular formula is C18H13ClNO3S-. The molecule has 24 heavy (non-hydrogen) atoms. The topological polar surface area (TPSA) is 62.2 Å². The molecule has 0 N–H and O–H groups in total. The normalized spacial score (nSPS) is 10.6. The van der Waals surface area contributed by atoms with Crippen molar-refractivity contribution in [3.05, 3.63) is 69.7 Å². The second kappa shape index (κ2) is 7.03. The van der Waals surface area contributed by atoms with E-state index >= 15 is 0 Å². The zero-order valence-electron chi connectivity index (χ0n) is 12.8. The number of ether oxygens (including phenoxy) is 1. The van der Waals surface area contributed by atoms with Gasteiger partial charge >= 0.3 is 0 Å².